The molecule has 1 aromatic rings. The fourth-order valence-corrected chi connectivity index (χ4v) is 1.58. The Balaban J connectivity index is 2.73. The van der Waals surface area contributed by atoms with E-state index in [9.17, 15) is 4.79 Å². The molecule has 17 heavy (non-hydrogen) atoms. The van der Waals surface area contributed by atoms with E-state index in [4.69, 9.17) is 4.74 Å². The van der Waals surface area contributed by atoms with Crippen molar-refractivity contribution in [2.75, 3.05) is 7.11 Å². The van der Waals surface area contributed by atoms with Crippen LogP contribution in [0.25, 0.3) is 0 Å². The second kappa shape index (κ2) is 5.92. The van der Waals surface area contributed by atoms with Crippen molar-refractivity contribution in [2.45, 2.75) is 45.6 Å². The molecule has 0 amide bonds. The first kappa shape index (κ1) is 13.8. The van der Waals surface area contributed by atoms with Crippen LogP contribution >= 0.6 is 0 Å². The van der Waals surface area contributed by atoms with Crippen LogP contribution in [-0.2, 0) is 22.4 Å². The van der Waals surface area contributed by atoms with Gasteiger partial charge in [-0.05, 0) is 31.4 Å². The third-order valence-electron chi connectivity index (χ3n) is 3.35. The number of hydrogen-bond donors (Lipinski definition) is 0. The Morgan fingerprint density at radius 1 is 1.41 bits per heavy atom. The van der Waals surface area contributed by atoms with E-state index in [0.29, 0.717) is 12.8 Å². The van der Waals surface area contributed by atoms with Crippen molar-refractivity contribution >= 4 is 5.78 Å². The van der Waals surface area contributed by atoms with Gasteiger partial charge in [-0.3, -0.25) is 9.78 Å². The van der Waals surface area contributed by atoms with E-state index in [1.54, 1.807) is 7.11 Å². The van der Waals surface area contributed by atoms with Gasteiger partial charge in [-0.1, -0.05) is 19.9 Å². The van der Waals surface area contributed by atoms with Gasteiger partial charge in [0.05, 0.1) is 6.42 Å². The average molecular weight is 235 g/mol. The quantitative estimate of drug-likeness (QED) is 0.760. The summed E-state index contributed by atoms with van der Waals surface area (Å²) in [5.74, 6) is 0.0826. The van der Waals surface area contributed by atoms with Gasteiger partial charge in [0.15, 0.2) is 5.78 Å². The Kier molecular flexibility index (Phi) is 4.82. The molecule has 0 aliphatic heterocycles. The molecule has 0 saturated heterocycles. The Morgan fingerprint density at radius 3 is 2.53 bits per heavy atom. The van der Waals surface area contributed by atoms with E-state index in [1.165, 1.54) is 5.56 Å². The summed E-state index contributed by atoms with van der Waals surface area (Å²) in [5, 5.41) is 0. The minimum absolute atomic E-state index is 0.0826. The summed E-state index contributed by atoms with van der Waals surface area (Å²) >= 11 is 0. The van der Waals surface area contributed by atoms with Gasteiger partial charge in [-0.15, -0.1) is 0 Å². The van der Waals surface area contributed by atoms with Crippen molar-refractivity contribution in [3.63, 3.8) is 0 Å². The third kappa shape index (κ3) is 3.37. The lowest BCUT2D eigenvalue weighted by molar-refractivity contribution is -0.138. The highest BCUT2D eigenvalue weighted by Crippen LogP contribution is 2.17. The monoisotopic (exact) mass is 235 g/mol. The van der Waals surface area contributed by atoms with Crippen LogP contribution in [0.1, 0.15) is 38.4 Å². The third-order valence-corrected chi connectivity index (χ3v) is 3.35. The standard InChI is InChI=1S/C14H21NO2/c1-5-11-7-8-12(15-10-11)9-13(16)14(3,6-2)17-4/h7-8,10H,5-6,9H2,1-4H3. The summed E-state index contributed by atoms with van der Waals surface area (Å²) in [6, 6.07) is 3.94. The van der Waals surface area contributed by atoms with Crippen molar-refractivity contribution in [1.29, 1.82) is 0 Å². The number of aromatic nitrogens is 1. The minimum Gasteiger partial charge on any atom is -0.371 e. The van der Waals surface area contributed by atoms with Gasteiger partial charge in [-0.2, -0.15) is 0 Å². The van der Waals surface area contributed by atoms with Crippen LogP contribution in [-0.4, -0.2) is 23.5 Å². The molecule has 1 atom stereocenters. The second-order valence-corrected chi connectivity index (χ2v) is 4.40. The maximum atomic E-state index is 12.1. The van der Waals surface area contributed by atoms with E-state index in [0.717, 1.165) is 12.1 Å². The fraction of sp³-hybridized carbons (Fsp3) is 0.571. The smallest absolute Gasteiger partial charge is 0.170 e. The highest BCUT2D eigenvalue weighted by atomic mass is 16.5. The SMILES string of the molecule is CCc1ccc(CC(=O)C(C)(CC)OC)nc1. The number of nitrogens with zero attached hydrogens (tertiary/aromatic N) is 1. The molecule has 0 radical (unpaired) electrons. The fourth-order valence-electron chi connectivity index (χ4n) is 1.58. The van der Waals surface area contributed by atoms with Crippen molar-refractivity contribution in [2.24, 2.45) is 0 Å². The van der Waals surface area contributed by atoms with Crippen LogP contribution < -0.4 is 0 Å². The zero-order chi connectivity index (χ0) is 12.9. The second-order valence-electron chi connectivity index (χ2n) is 4.40. The molecule has 0 bridgehead atoms. The maximum absolute atomic E-state index is 12.1. The van der Waals surface area contributed by atoms with Gasteiger partial charge in [0, 0.05) is 19.0 Å². The maximum Gasteiger partial charge on any atom is 0.170 e. The summed E-state index contributed by atoms with van der Waals surface area (Å²) in [6.07, 6.45) is 3.81. The van der Waals surface area contributed by atoms with Crippen LogP contribution in [0.3, 0.4) is 0 Å². The molecule has 1 rings (SSSR count). The summed E-state index contributed by atoms with van der Waals surface area (Å²) in [6.45, 7) is 5.87. The number of ketones is 1. The molecule has 0 aliphatic carbocycles. The van der Waals surface area contributed by atoms with E-state index in [-0.39, 0.29) is 5.78 Å². The normalized spacial score (nSPS) is 14.4. The Hall–Kier alpha value is -1.22. The number of carbonyl (C=O) groups excluding carboxylic acids is 1. The van der Waals surface area contributed by atoms with Crippen LogP contribution in [0.2, 0.25) is 0 Å². The van der Waals surface area contributed by atoms with Gasteiger partial charge in [0.25, 0.3) is 0 Å². The summed E-state index contributed by atoms with van der Waals surface area (Å²) < 4.78 is 5.29. The number of ether oxygens (including phenoxy) is 1. The summed E-state index contributed by atoms with van der Waals surface area (Å²) in [4.78, 5) is 16.4. The Morgan fingerprint density at radius 2 is 2.12 bits per heavy atom. The zero-order valence-corrected chi connectivity index (χ0v) is 11.1. The molecule has 1 unspecified atom stereocenters. The number of hydrogen-bond acceptors (Lipinski definition) is 3. The summed E-state index contributed by atoms with van der Waals surface area (Å²) in [7, 11) is 1.58. The number of methoxy groups -OCH3 is 1. The van der Waals surface area contributed by atoms with Gasteiger partial charge >= 0.3 is 0 Å². The van der Waals surface area contributed by atoms with Crippen molar-refractivity contribution in [3.8, 4) is 0 Å². The van der Waals surface area contributed by atoms with Gasteiger partial charge < -0.3 is 4.74 Å². The molecule has 0 aromatic carbocycles. The Bertz CT molecular complexity index is 366. The van der Waals surface area contributed by atoms with Crippen LogP contribution in [0.5, 0.6) is 0 Å². The van der Waals surface area contributed by atoms with Crippen LogP contribution in [0, 0.1) is 0 Å². The van der Waals surface area contributed by atoms with Crippen LogP contribution in [0.15, 0.2) is 18.3 Å². The van der Waals surface area contributed by atoms with E-state index in [1.807, 2.05) is 32.2 Å². The molecule has 1 heterocycles. The first-order valence-corrected chi connectivity index (χ1v) is 6.08. The molecule has 3 nitrogen and oxygen atoms in total. The molecule has 1 aromatic heterocycles. The topological polar surface area (TPSA) is 39.2 Å². The Labute approximate surface area is 103 Å². The number of carbonyl (C=O) groups is 1. The van der Waals surface area contributed by atoms with E-state index in [2.05, 4.69) is 11.9 Å². The van der Waals surface area contributed by atoms with Crippen molar-refractivity contribution in [3.05, 3.63) is 29.6 Å². The lowest BCUT2D eigenvalue weighted by Crippen LogP contribution is -2.38. The molecule has 94 valence electrons. The highest BCUT2D eigenvalue weighted by molar-refractivity contribution is 5.88. The molecule has 3 heteroatoms. The van der Waals surface area contributed by atoms with E-state index < -0.39 is 5.60 Å². The minimum atomic E-state index is -0.689. The molecule has 0 saturated carbocycles. The van der Waals surface area contributed by atoms with Gasteiger partial charge in [-0.25, -0.2) is 0 Å². The number of rotatable bonds is 6. The van der Waals surface area contributed by atoms with Gasteiger partial charge in [0.2, 0.25) is 0 Å². The summed E-state index contributed by atoms with van der Waals surface area (Å²) in [5.41, 5.74) is 1.31. The van der Waals surface area contributed by atoms with Crippen LogP contribution in [0.4, 0.5) is 0 Å². The van der Waals surface area contributed by atoms with E-state index >= 15 is 0 Å². The average Bonchev–Trinajstić information content (AvgIpc) is 2.38. The highest BCUT2D eigenvalue weighted by Gasteiger charge is 2.30. The molecule has 0 spiro atoms. The number of pyridine rings is 1. The zero-order valence-electron chi connectivity index (χ0n) is 11.1. The van der Waals surface area contributed by atoms with Crippen molar-refractivity contribution in [1.82, 2.24) is 4.98 Å². The predicted octanol–water partition coefficient (Wildman–Crippen LogP) is 2.57. The first-order chi connectivity index (χ1) is 8.05. The predicted molar refractivity (Wildman–Crippen MR) is 68.0 cm³/mol. The molecule has 0 fully saturated rings. The number of aryl methyl sites for hydroxylation is 1. The van der Waals surface area contributed by atoms with Gasteiger partial charge in [0.1, 0.15) is 5.60 Å². The molecular weight excluding hydrogens is 214 g/mol. The molecule has 0 aliphatic rings. The molecule has 0 N–H and O–H groups in total. The number of Topliss-reactive ketones (excluding diaryl/α,β-unsaturated/α-hetero) is 1. The lowest BCUT2D eigenvalue weighted by Gasteiger charge is -2.24. The first-order valence-electron chi connectivity index (χ1n) is 6.08. The largest absolute Gasteiger partial charge is 0.371 e. The molecular formula is C14H21NO2. The van der Waals surface area contributed by atoms with Crippen molar-refractivity contribution < 1.29 is 9.53 Å². The lowest BCUT2D eigenvalue weighted by atomic mass is 9.94.